The van der Waals surface area contributed by atoms with Gasteiger partial charge >= 0.3 is 0 Å². The molecule has 150 valence electrons. The lowest BCUT2D eigenvalue weighted by Crippen LogP contribution is -2.19. The van der Waals surface area contributed by atoms with E-state index < -0.39 is 0 Å². The predicted molar refractivity (Wildman–Crippen MR) is 118 cm³/mol. The largest absolute Gasteiger partial charge is 0.302 e. The van der Waals surface area contributed by atoms with Gasteiger partial charge in [-0.25, -0.2) is 0 Å². The van der Waals surface area contributed by atoms with E-state index in [9.17, 15) is 0 Å². The first-order valence-corrected chi connectivity index (χ1v) is 11.5. The van der Waals surface area contributed by atoms with Crippen molar-refractivity contribution in [3.8, 4) is 0 Å². The quantitative estimate of drug-likeness (QED) is 0.275. The van der Waals surface area contributed by atoms with E-state index in [1.165, 1.54) is 93.9 Å². The van der Waals surface area contributed by atoms with E-state index in [-0.39, 0.29) is 0 Å². The molecule has 0 saturated heterocycles. The lowest BCUT2D eigenvalue weighted by atomic mass is 10.0. The van der Waals surface area contributed by atoms with Gasteiger partial charge in [0.1, 0.15) is 0 Å². The van der Waals surface area contributed by atoms with E-state index in [0.29, 0.717) is 0 Å². The van der Waals surface area contributed by atoms with Crippen molar-refractivity contribution in [2.24, 2.45) is 0 Å². The number of unbranched alkanes of at least 4 members (excludes halogenated alkanes) is 10. The molecule has 0 amide bonds. The first-order chi connectivity index (χ1) is 12.7. The van der Waals surface area contributed by atoms with Gasteiger partial charge in [0.2, 0.25) is 0 Å². The standard InChI is InChI=1S/C25H45N/c1-5-8-9-10-11-12-13-14-15-16-17-18-26(4)22-25-20-23(6-2)19-24(7-3)21-25/h19-21H,5-18,22H2,1-4H3. The summed E-state index contributed by atoms with van der Waals surface area (Å²) in [5, 5.41) is 0. The Kier molecular flexibility index (Phi) is 13.6. The summed E-state index contributed by atoms with van der Waals surface area (Å²) in [6, 6.07) is 7.17. The summed E-state index contributed by atoms with van der Waals surface area (Å²) < 4.78 is 0. The maximum atomic E-state index is 2.50. The van der Waals surface area contributed by atoms with Crippen LogP contribution >= 0.6 is 0 Å². The van der Waals surface area contributed by atoms with Crippen molar-refractivity contribution in [2.75, 3.05) is 13.6 Å². The molecule has 26 heavy (non-hydrogen) atoms. The van der Waals surface area contributed by atoms with Crippen LogP contribution in [0.15, 0.2) is 18.2 Å². The molecule has 1 aromatic carbocycles. The third-order valence-electron chi connectivity index (χ3n) is 5.52. The maximum absolute atomic E-state index is 2.50. The van der Waals surface area contributed by atoms with Gasteiger partial charge in [-0.05, 0) is 49.5 Å². The summed E-state index contributed by atoms with van der Waals surface area (Å²) in [6.45, 7) is 9.14. The lowest BCUT2D eigenvalue weighted by Gasteiger charge is -2.18. The highest BCUT2D eigenvalue weighted by Crippen LogP contribution is 2.15. The minimum Gasteiger partial charge on any atom is -0.302 e. The molecule has 0 saturated carbocycles. The van der Waals surface area contributed by atoms with Crippen LogP contribution in [0.5, 0.6) is 0 Å². The minimum absolute atomic E-state index is 1.10. The Morgan fingerprint density at radius 1 is 0.577 bits per heavy atom. The number of benzene rings is 1. The Balaban J connectivity index is 2.07. The van der Waals surface area contributed by atoms with Gasteiger partial charge in [-0.15, -0.1) is 0 Å². The van der Waals surface area contributed by atoms with Crippen LogP contribution in [0, 0.1) is 0 Å². The van der Waals surface area contributed by atoms with Crippen molar-refractivity contribution >= 4 is 0 Å². The highest BCUT2D eigenvalue weighted by atomic mass is 15.1. The third-order valence-corrected chi connectivity index (χ3v) is 5.52. The fourth-order valence-electron chi connectivity index (χ4n) is 3.78. The summed E-state index contributed by atoms with van der Waals surface area (Å²) >= 11 is 0. The van der Waals surface area contributed by atoms with E-state index in [4.69, 9.17) is 0 Å². The van der Waals surface area contributed by atoms with Gasteiger partial charge < -0.3 is 4.90 Å². The molecule has 0 fully saturated rings. The van der Waals surface area contributed by atoms with Crippen LogP contribution in [0.1, 0.15) is 108 Å². The molecule has 0 unspecified atom stereocenters. The molecule has 0 atom stereocenters. The van der Waals surface area contributed by atoms with Crippen molar-refractivity contribution in [3.05, 3.63) is 34.9 Å². The average molecular weight is 360 g/mol. The zero-order chi connectivity index (χ0) is 19.0. The molecule has 1 heteroatoms. The highest BCUT2D eigenvalue weighted by molar-refractivity contribution is 5.30. The van der Waals surface area contributed by atoms with Gasteiger partial charge in [0.15, 0.2) is 0 Å². The van der Waals surface area contributed by atoms with Crippen molar-refractivity contribution in [3.63, 3.8) is 0 Å². The molecule has 0 bridgehead atoms. The van der Waals surface area contributed by atoms with E-state index in [2.05, 4.69) is 50.9 Å². The molecule has 1 aromatic rings. The van der Waals surface area contributed by atoms with Gasteiger partial charge in [0.25, 0.3) is 0 Å². The maximum Gasteiger partial charge on any atom is 0.0230 e. The fourth-order valence-corrected chi connectivity index (χ4v) is 3.78. The Bertz CT molecular complexity index is 429. The van der Waals surface area contributed by atoms with Crippen molar-refractivity contribution < 1.29 is 0 Å². The van der Waals surface area contributed by atoms with Crippen LogP contribution in [0.2, 0.25) is 0 Å². The number of aryl methyl sites for hydroxylation is 2. The Labute approximate surface area is 164 Å². The predicted octanol–water partition coefficient (Wildman–Crippen LogP) is 7.55. The van der Waals surface area contributed by atoms with Crippen molar-refractivity contribution in [1.82, 2.24) is 4.90 Å². The molecule has 0 spiro atoms. The molecule has 0 radical (unpaired) electrons. The topological polar surface area (TPSA) is 3.24 Å². The molecule has 0 aliphatic rings. The Hall–Kier alpha value is -0.820. The number of nitrogens with zero attached hydrogens (tertiary/aromatic N) is 1. The first-order valence-electron chi connectivity index (χ1n) is 11.5. The number of rotatable bonds is 16. The smallest absolute Gasteiger partial charge is 0.0230 e. The normalized spacial score (nSPS) is 11.4. The molecule has 1 rings (SSSR count). The second kappa shape index (κ2) is 15.3. The number of hydrogen-bond donors (Lipinski definition) is 0. The third kappa shape index (κ3) is 11.0. The molecular weight excluding hydrogens is 314 g/mol. The van der Waals surface area contributed by atoms with Crippen LogP contribution in [-0.4, -0.2) is 18.5 Å². The molecule has 0 N–H and O–H groups in total. The van der Waals surface area contributed by atoms with Gasteiger partial charge in [-0.1, -0.05) is 103 Å². The molecule has 1 nitrogen and oxygen atoms in total. The highest BCUT2D eigenvalue weighted by Gasteiger charge is 2.04. The van der Waals surface area contributed by atoms with Crippen molar-refractivity contribution in [1.29, 1.82) is 0 Å². The van der Waals surface area contributed by atoms with Crippen LogP contribution in [-0.2, 0) is 19.4 Å². The summed E-state index contributed by atoms with van der Waals surface area (Å²) in [7, 11) is 2.28. The second-order valence-corrected chi connectivity index (χ2v) is 8.14. The minimum atomic E-state index is 1.10. The van der Waals surface area contributed by atoms with Gasteiger partial charge in [0, 0.05) is 6.54 Å². The van der Waals surface area contributed by atoms with E-state index >= 15 is 0 Å². The zero-order valence-electron chi connectivity index (χ0n) is 18.3. The summed E-state index contributed by atoms with van der Waals surface area (Å²) in [5.74, 6) is 0. The van der Waals surface area contributed by atoms with Crippen LogP contribution in [0.4, 0.5) is 0 Å². The van der Waals surface area contributed by atoms with E-state index in [1.807, 2.05) is 0 Å². The Morgan fingerprint density at radius 3 is 1.46 bits per heavy atom. The second-order valence-electron chi connectivity index (χ2n) is 8.14. The lowest BCUT2D eigenvalue weighted by molar-refractivity contribution is 0.316. The van der Waals surface area contributed by atoms with Crippen molar-refractivity contribution in [2.45, 2.75) is 111 Å². The molecule has 0 aliphatic carbocycles. The van der Waals surface area contributed by atoms with E-state index in [0.717, 1.165) is 19.4 Å². The van der Waals surface area contributed by atoms with Crippen LogP contribution in [0.3, 0.4) is 0 Å². The summed E-state index contributed by atoms with van der Waals surface area (Å²) in [5.41, 5.74) is 4.47. The summed E-state index contributed by atoms with van der Waals surface area (Å²) in [6.07, 6.45) is 17.9. The van der Waals surface area contributed by atoms with Crippen LogP contribution in [0.25, 0.3) is 0 Å². The van der Waals surface area contributed by atoms with Gasteiger partial charge in [-0.3, -0.25) is 0 Å². The zero-order valence-corrected chi connectivity index (χ0v) is 18.3. The summed E-state index contributed by atoms with van der Waals surface area (Å²) in [4.78, 5) is 2.50. The molecular formula is C25H45N. The molecule has 0 aromatic heterocycles. The van der Waals surface area contributed by atoms with Gasteiger partial charge in [0.05, 0.1) is 0 Å². The monoisotopic (exact) mass is 359 g/mol. The molecule has 0 heterocycles. The van der Waals surface area contributed by atoms with Crippen LogP contribution < -0.4 is 0 Å². The van der Waals surface area contributed by atoms with Gasteiger partial charge in [-0.2, -0.15) is 0 Å². The molecule has 0 aliphatic heterocycles. The average Bonchev–Trinajstić information content (AvgIpc) is 2.65. The Morgan fingerprint density at radius 2 is 1.00 bits per heavy atom. The SMILES string of the molecule is CCCCCCCCCCCCCN(C)Cc1cc(CC)cc(CC)c1. The van der Waals surface area contributed by atoms with E-state index in [1.54, 1.807) is 0 Å². The fraction of sp³-hybridized carbons (Fsp3) is 0.760. The number of hydrogen-bond acceptors (Lipinski definition) is 1. The first kappa shape index (κ1) is 23.2.